The first-order chi connectivity index (χ1) is 15.8. The van der Waals surface area contributed by atoms with Crippen LogP contribution >= 0.6 is 0 Å². The van der Waals surface area contributed by atoms with Crippen LogP contribution in [0.4, 0.5) is 4.79 Å². The molecule has 3 aliphatic rings. The summed E-state index contributed by atoms with van der Waals surface area (Å²) in [6, 6.07) is -0.228. The summed E-state index contributed by atoms with van der Waals surface area (Å²) in [7, 11) is 0. The van der Waals surface area contributed by atoms with Crippen LogP contribution < -0.4 is 5.32 Å². The molecule has 4 atom stereocenters. The van der Waals surface area contributed by atoms with E-state index in [4.69, 9.17) is 9.47 Å². The van der Waals surface area contributed by atoms with Gasteiger partial charge in [-0.05, 0) is 37.5 Å². The second-order valence-electron chi connectivity index (χ2n) is 9.17. The van der Waals surface area contributed by atoms with E-state index in [-0.39, 0.29) is 43.8 Å². The molecule has 0 aromatic rings. The maximum Gasteiger partial charge on any atom is 0.407 e. The number of nitrogens with one attached hydrogen (secondary N) is 1. The monoisotopic (exact) mass is 461 g/mol. The highest BCUT2D eigenvalue weighted by Crippen LogP contribution is 2.52. The van der Waals surface area contributed by atoms with Gasteiger partial charge in [0.1, 0.15) is 12.4 Å². The molecule has 0 aromatic carbocycles. The molecule has 1 aliphatic heterocycles. The van der Waals surface area contributed by atoms with Gasteiger partial charge < -0.3 is 19.7 Å². The van der Waals surface area contributed by atoms with Crippen molar-refractivity contribution in [3.63, 3.8) is 0 Å². The number of hydrogen-bond donors (Lipinski definition) is 1. The van der Waals surface area contributed by atoms with Gasteiger partial charge in [0.05, 0.1) is 19.2 Å². The van der Waals surface area contributed by atoms with Gasteiger partial charge in [-0.15, -0.1) is 11.8 Å². The Kier molecular flexibility index (Phi) is 9.12. The first-order valence-corrected chi connectivity index (χ1v) is 11.9. The van der Waals surface area contributed by atoms with Gasteiger partial charge in [-0.3, -0.25) is 19.3 Å². The number of piperazine rings is 1. The van der Waals surface area contributed by atoms with Crippen molar-refractivity contribution in [2.24, 2.45) is 17.8 Å². The summed E-state index contributed by atoms with van der Waals surface area (Å²) in [6.45, 7) is 5.25. The number of carbonyl (C=O) groups is 4. The minimum absolute atomic E-state index is 0.0233. The average molecular weight is 462 g/mol. The Morgan fingerprint density at radius 2 is 1.67 bits per heavy atom. The summed E-state index contributed by atoms with van der Waals surface area (Å²) in [5.41, 5.74) is 0. The lowest BCUT2D eigenvalue weighted by atomic mass is 10.1. The number of rotatable bonds is 9. The Morgan fingerprint density at radius 3 is 2.30 bits per heavy atom. The van der Waals surface area contributed by atoms with Crippen LogP contribution in [0.5, 0.6) is 0 Å². The molecule has 1 saturated carbocycles. The third kappa shape index (κ3) is 7.74. The zero-order valence-corrected chi connectivity index (χ0v) is 19.6. The zero-order chi connectivity index (χ0) is 23.8. The van der Waals surface area contributed by atoms with Crippen molar-refractivity contribution in [1.82, 2.24) is 15.1 Å². The molecule has 1 heterocycles. The number of hydrogen-bond acceptors (Lipinski definition) is 7. The molecule has 2 fully saturated rings. The molecule has 1 unspecified atom stereocenters. The van der Waals surface area contributed by atoms with E-state index < -0.39 is 12.1 Å². The van der Waals surface area contributed by atoms with Crippen molar-refractivity contribution in [2.75, 3.05) is 45.9 Å². The molecule has 182 valence electrons. The van der Waals surface area contributed by atoms with E-state index in [1.54, 1.807) is 4.90 Å². The van der Waals surface area contributed by atoms with Gasteiger partial charge in [0.2, 0.25) is 5.91 Å². The molecular formula is C24H35N3O6. The molecular weight excluding hydrogens is 426 g/mol. The molecule has 1 N–H and O–H groups in total. The number of alkyl carbamates (subject to hydrolysis) is 1. The first kappa shape index (κ1) is 25.0. The summed E-state index contributed by atoms with van der Waals surface area (Å²) >= 11 is 0. The summed E-state index contributed by atoms with van der Waals surface area (Å²) in [5.74, 6) is 7.56. The normalized spacial score (nSPS) is 26.5. The van der Waals surface area contributed by atoms with Crippen molar-refractivity contribution < 1.29 is 28.7 Å². The molecule has 3 rings (SSSR count). The van der Waals surface area contributed by atoms with Crippen LogP contribution in [0.3, 0.4) is 0 Å². The Hall–Kier alpha value is -2.60. The predicted octanol–water partition coefficient (Wildman–Crippen LogP) is 1.21. The maximum absolute atomic E-state index is 12.6. The second kappa shape index (κ2) is 12.0. The Balaban J connectivity index is 1.35. The number of esters is 1. The largest absolute Gasteiger partial charge is 0.464 e. The fraction of sp³-hybridized carbons (Fsp3) is 0.750. The van der Waals surface area contributed by atoms with Gasteiger partial charge in [0.25, 0.3) is 0 Å². The van der Waals surface area contributed by atoms with Crippen LogP contribution in [0.2, 0.25) is 0 Å². The topological polar surface area (TPSA) is 105 Å². The van der Waals surface area contributed by atoms with E-state index >= 15 is 0 Å². The molecule has 9 heteroatoms. The Morgan fingerprint density at radius 1 is 0.970 bits per heavy atom. The highest BCUT2D eigenvalue weighted by Gasteiger charge is 2.49. The summed E-state index contributed by atoms with van der Waals surface area (Å²) in [5, 5.41) is 2.67. The van der Waals surface area contributed by atoms with Gasteiger partial charge >= 0.3 is 12.1 Å². The van der Waals surface area contributed by atoms with E-state index in [1.165, 1.54) is 13.8 Å². The molecule has 2 aliphatic carbocycles. The van der Waals surface area contributed by atoms with Crippen LogP contribution in [0.1, 0.15) is 46.0 Å². The van der Waals surface area contributed by atoms with Crippen LogP contribution in [0.15, 0.2) is 0 Å². The third-order valence-electron chi connectivity index (χ3n) is 6.72. The molecule has 0 bridgehead atoms. The smallest absolute Gasteiger partial charge is 0.407 e. The maximum atomic E-state index is 12.6. The zero-order valence-electron chi connectivity index (χ0n) is 19.6. The van der Waals surface area contributed by atoms with Crippen molar-refractivity contribution in [3.8, 4) is 11.8 Å². The van der Waals surface area contributed by atoms with E-state index in [9.17, 15) is 19.2 Å². The molecule has 33 heavy (non-hydrogen) atoms. The van der Waals surface area contributed by atoms with E-state index in [0.717, 1.165) is 25.7 Å². The molecule has 1 saturated heterocycles. The number of fused-ring (bicyclic) bond motifs is 1. The van der Waals surface area contributed by atoms with Crippen molar-refractivity contribution in [1.29, 1.82) is 0 Å². The lowest BCUT2D eigenvalue weighted by Gasteiger charge is -2.40. The highest BCUT2D eigenvalue weighted by atomic mass is 16.5. The number of nitrogens with zero attached hydrogens (tertiary/aromatic N) is 2. The highest BCUT2D eigenvalue weighted by molar-refractivity contribution is 5.78. The number of carbonyl (C=O) groups excluding carboxylic acids is 4. The summed E-state index contributed by atoms with van der Waals surface area (Å²) in [6.07, 6.45) is 3.69. The van der Waals surface area contributed by atoms with Gasteiger partial charge in [-0.25, -0.2) is 4.79 Å². The fourth-order valence-electron chi connectivity index (χ4n) is 4.92. The van der Waals surface area contributed by atoms with E-state index in [0.29, 0.717) is 44.0 Å². The fourth-order valence-corrected chi connectivity index (χ4v) is 4.92. The number of amides is 2. The van der Waals surface area contributed by atoms with Crippen molar-refractivity contribution in [3.05, 3.63) is 0 Å². The standard InChI is InChI=1S/C24H35N3O6/c1-17(28)13-26-11-12-27(14-19(26)15-32-18(2)29)23(30)9-10-25-24(31)33-16-22-20-7-5-3-4-6-8-21(20)22/h19-22H,5-16H2,1-2H3,(H,25,31)/t19?,20-,21+,22-. The van der Waals surface area contributed by atoms with Gasteiger partial charge in [0.15, 0.2) is 0 Å². The number of ketones is 1. The molecule has 0 aromatic heterocycles. The van der Waals surface area contributed by atoms with Gasteiger partial charge in [0, 0.05) is 52.4 Å². The molecule has 9 nitrogen and oxygen atoms in total. The van der Waals surface area contributed by atoms with Crippen LogP contribution in [-0.4, -0.2) is 85.5 Å². The van der Waals surface area contributed by atoms with E-state index in [2.05, 4.69) is 17.2 Å². The van der Waals surface area contributed by atoms with Gasteiger partial charge in [-0.1, -0.05) is 0 Å². The first-order valence-electron chi connectivity index (χ1n) is 11.9. The van der Waals surface area contributed by atoms with Crippen molar-refractivity contribution >= 4 is 23.8 Å². The Bertz CT molecular complexity index is 786. The summed E-state index contributed by atoms with van der Waals surface area (Å²) in [4.78, 5) is 51.0. The molecule has 0 spiro atoms. The third-order valence-corrected chi connectivity index (χ3v) is 6.72. The SMILES string of the molecule is CC(=O)CN1CCN(C(=O)CCNC(=O)OC[C@@H]2[C@@H]3CCC#CCC[C@@H]32)CC1COC(C)=O. The second-order valence-corrected chi connectivity index (χ2v) is 9.17. The molecule has 0 radical (unpaired) electrons. The lowest BCUT2D eigenvalue weighted by Crippen LogP contribution is -2.57. The summed E-state index contributed by atoms with van der Waals surface area (Å²) < 4.78 is 10.5. The minimum Gasteiger partial charge on any atom is -0.464 e. The Labute approximate surface area is 195 Å². The van der Waals surface area contributed by atoms with Crippen LogP contribution in [-0.2, 0) is 23.9 Å². The lowest BCUT2D eigenvalue weighted by molar-refractivity contribution is -0.144. The number of ether oxygens (including phenoxy) is 2. The van der Waals surface area contributed by atoms with Gasteiger partial charge in [-0.2, -0.15) is 0 Å². The molecule has 2 amide bonds. The number of Topliss-reactive ketones (excluding diaryl/α,β-unsaturated/α-hetero) is 1. The van der Waals surface area contributed by atoms with Crippen LogP contribution in [0, 0.1) is 29.6 Å². The van der Waals surface area contributed by atoms with Crippen LogP contribution in [0.25, 0.3) is 0 Å². The minimum atomic E-state index is -0.489. The average Bonchev–Trinajstić information content (AvgIpc) is 3.39. The predicted molar refractivity (Wildman–Crippen MR) is 120 cm³/mol. The quantitative estimate of drug-likeness (QED) is 0.406. The van der Waals surface area contributed by atoms with Crippen molar-refractivity contribution in [2.45, 2.75) is 52.0 Å². The van der Waals surface area contributed by atoms with E-state index in [1.807, 2.05) is 4.90 Å².